The van der Waals surface area contributed by atoms with Crippen LogP contribution >= 0.6 is 0 Å². The summed E-state index contributed by atoms with van der Waals surface area (Å²) in [5.74, 6) is 2.13. The summed E-state index contributed by atoms with van der Waals surface area (Å²) in [6.07, 6.45) is 0.715. The third kappa shape index (κ3) is 1.96. The van der Waals surface area contributed by atoms with Gasteiger partial charge in [0, 0.05) is 11.5 Å². The van der Waals surface area contributed by atoms with Crippen LogP contribution in [0.4, 0.5) is 0 Å². The van der Waals surface area contributed by atoms with Crippen LogP contribution in [0.15, 0.2) is 42.5 Å². The topological polar surface area (TPSA) is 70.9 Å². The average Bonchev–Trinajstić information content (AvgIpc) is 3.22. The minimum absolute atomic E-state index is 0.0353. The Kier molecular flexibility index (Phi) is 3.20. The molecule has 120 valence electrons. The van der Waals surface area contributed by atoms with E-state index in [-0.39, 0.29) is 5.92 Å². The molecule has 0 radical (unpaired) electrons. The van der Waals surface area contributed by atoms with Gasteiger partial charge in [0.25, 0.3) is 0 Å². The van der Waals surface area contributed by atoms with Crippen molar-refractivity contribution in [1.82, 2.24) is 9.97 Å². The monoisotopic (exact) mass is 319 g/mol. The van der Waals surface area contributed by atoms with Crippen LogP contribution in [0, 0.1) is 11.3 Å². The summed E-state index contributed by atoms with van der Waals surface area (Å²) in [6.45, 7) is 0. The quantitative estimate of drug-likeness (QED) is 0.798. The fraction of sp³-hybridized carbons (Fsp3) is 0.263. The van der Waals surface area contributed by atoms with Crippen LogP contribution in [0.3, 0.4) is 0 Å². The molecule has 0 bridgehead atoms. The van der Waals surface area contributed by atoms with Crippen molar-refractivity contribution in [3.8, 4) is 17.6 Å². The average molecular weight is 319 g/mol. The number of benzene rings is 2. The minimum Gasteiger partial charge on any atom is -0.493 e. The number of aromatic amines is 1. The van der Waals surface area contributed by atoms with Gasteiger partial charge in [-0.25, -0.2) is 4.98 Å². The molecule has 1 fully saturated rings. The van der Waals surface area contributed by atoms with Crippen LogP contribution in [0.1, 0.15) is 23.7 Å². The summed E-state index contributed by atoms with van der Waals surface area (Å²) >= 11 is 0. The molecule has 2 atom stereocenters. The number of aromatic nitrogens is 2. The minimum atomic E-state index is -0.640. The van der Waals surface area contributed by atoms with Crippen LogP contribution < -0.4 is 9.47 Å². The first-order valence-electron chi connectivity index (χ1n) is 7.81. The van der Waals surface area contributed by atoms with E-state index in [1.54, 1.807) is 14.2 Å². The zero-order valence-electron chi connectivity index (χ0n) is 13.5. The molecule has 2 unspecified atom stereocenters. The van der Waals surface area contributed by atoms with Gasteiger partial charge in [-0.05, 0) is 24.6 Å². The molecule has 3 aromatic rings. The van der Waals surface area contributed by atoms with Crippen molar-refractivity contribution in [3.63, 3.8) is 0 Å². The van der Waals surface area contributed by atoms with E-state index in [9.17, 15) is 5.26 Å². The zero-order chi connectivity index (χ0) is 16.7. The second-order valence-electron chi connectivity index (χ2n) is 6.03. The normalized spacial score (nSPS) is 22.1. The first-order chi connectivity index (χ1) is 11.7. The lowest BCUT2D eigenvalue weighted by molar-refractivity contribution is 0.351. The van der Waals surface area contributed by atoms with Gasteiger partial charge in [0.05, 0.1) is 31.3 Å². The second kappa shape index (κ2) is 5.27. The van der Waals surface area contributed by atoms with Crippen molar-refractivity contribution < 1.29 is 9.47 Å². The highest BCUT2D eigenvalue weighted by Crippen LogP contribution is 2.61. The van der Waals surface area contributed by atoms with Crippen molar-refractivity contribution in [2.75, 3.05) is 14.2 Å². The molecule has 2 aromatic carbocycles. The van der Waals surface area contributed by atoms with E-state index < -0.39 is 5.41 Å². The van der Waals surface area contributed by atoms with Gasteiger partial charge in [0.15, 0.2) is 11.5 Å². The van der Waals surface area contributed by atoms with E-state index in [0.717, 1.165) is 22.4 Å². The Hall–Kier alpha value is -3.00. The van der Waals surface area contributed by atoms with Gasteiger partial charge in [-0.2, -0.15) is 5.26 Å². The summed E-state index contributed by atoms with van der Waals surface area (Å²) in [4.78, 5) is 7.95. The molecule has 5 heteroatoms. The maximum Gasteiger partial charge on any atom is 0.164 e. The van der Waals surface area contributed by atoms with E-state index in [2.05, 4.69) is 16.0 Å². The van der Waals surface area contributed by atoms with Gasteiger partial charge in [-0.1, -0.05) is 24.3 Å². The predicted molar refractivity (Wildman–Crippen MR) is 90.3 cm³/mol. The Balaban J connectivity index is 1.79. The second-order valence-corrected chi connectivity index (χ2v) is 6.03. The smallest absolute Gasteiger partial charge is 0.164 e. The molecule has 1 heterocycles. The molecule has 1 aromatic heterocycles. The first kappa shape index (κ1) is 14.6. The number of nitrogens with one attached hydrogen (secondary N) is 1. The number of hydrogen-bond donors (Lipinski definition) is 1. The highest BCUT2D eigenvalue weighted by Gasteiger charge is 2.60. The molecular weight excluding hydrogens is 302 g/mol. The van der Waals surface area contributed by atoms with Gasteiger partial charge in [0.1, 0.15) is 11.2 Å². The van der Waals surface area contributed by atoms with Crippen LogP contribution in [0.5, 0.6) is 11.5 Å². The highest BCUT2D eigenvalue weighted by molar-refractivity contribution is 5.75. The van der Waals surface area contributed by atoms with Crippen molar-refractivity contribution in [1.29, 1.82) is 5.26 Å². The Labute approximate surface area is 139 Å². The number of rotatable bonds is 4. The SMILES string of the molecule is COc1cccc(C2CC2(C#N)c2nc3ccccc3[nH]2)c1OC. The number of fused-ring (bicyclic) bond motifs is 1. The summed E-state index contributed by atoms with van der Waals surface area (Å²) in [5, 5.41) is 9.87. The van der Waals surface area contributed by atoms with Gasteiger partial charge >= 0.3 is 0 Å². The zero-order valence-corrected chi connectivity index (χ0v) is 13.5. The van der Waals surface area contributed by atoms with Gasteiger partial charge < -0.3 is 14.5 Å². The van der Waals surface area contributed by atoms with Gasteiger partial charge in [0.2, 0.25) is 0 Å². The summed E-state index contributed by atoms with van der Waals surface area (Å²) in [6, 6.07) is 16.1. The Morgan fingerprint density at radius 1 is 1.17 bits per heavy atom. The van der Waals surface area contributed by atoms with Crippen LogP contribution in [-0.2, 0) is 5.41 Å². The van der Waals surface area contributed by atoms with E-state index in [1.165, 1.54) is 0 Å². The standard InChI is InChI=1S/C19H17N3O2/c1-23-16-9-5-6-12(17(16)24-2)13-10-19(13,11-20)18-21-14-7-3-4-8-15(14)22-18/h3-9,13H,10H2,1-2H3,(H,21,22). The summed E-state index contributed by atoms with van der Waals surface area (Å²) in [5.41, 5.74) is 2.17. The lowest BCUT2D eigenvalue weighted by Gasteiger charge is -2.13. The molecular formula is C19H17N3O2. The number of para-hydroxylation sites is 3. The number of methoxy groups -OCH3 is 2. The molecule has 4 rings (SSSR count). The molecule has 1 aliphatic carbocycles. The molecule has 0 spiro atoms. The van der Waals surface area contributed by atoms with Crippen molar-refractivity contribution in [3.05, 3.63) is 53.9 Å². The van der Waals surface area contributed by atoms with E-state index in [4.69, 9.17) is 9.47 Å². The molecule has 0 aliphatic heterocycles. The highest BCUT2D eigenvalue weighted by atomic mass is 16.5. The number of ether oxygens (including phenoxy) is 2. The Morgan fingerprint density at radius 2 is 2.00 bits per heavy atom. The number of hydrogen-bond acceptors (Lipinski definition) is 4. The van der Waals surface area contributed by atoms with Crippen LogP contribution in [0.2, 0.25) is 0 Å². The van der Waals surface area contributed by atoms with Crippen LogP contribution in [-0.4, -0.2) is 24.2 Å². The summed E-state index contributed by atoms with van der Waals surface area (Å²) in [7, 11) is 3.24. The Morgan fingerprint density at radius 3 is 2.71 bits per heavy atom. The van der Waals surface area contributed by atoms with Crippen molar-refractivity contribution >= 4 is 11.0 Å². The molecule has 1 aliphatic rings. The molecule has 0 amide bonds. The molecule has 1 N–H and O–H groups in total. The Bertz CT molecular complexity index is 924. The van der Waals surface area contributed by atoms with E-state index >= 15 is 0 Å². The van der Waals surface area contributed by atoms with Gasteiger partial charge in [-0.15, -0.1) is 0 Å². The number of nitrogens with zero attached hydrogens (tertiary/aromatic N) is 2. The summed E-state index contributed by atoms with van der Waals surface area (Å²) < 4.78 is 10.9. The van der Waals surface area contributed by atoms with Crippen LogP contribution in [0.25, 0.3) is 11.0 Å². The lowest BCUT2D eigenvalue weighted by Crippen LogP contribution is -2.09. The number of imidazole rings is 1. The molecule has 0 saturated heterocycles. The fourth-order valence-electron chi connectivity index (χ4n) is 3.43. The lowest BCUT2D eigenvalue weighted by atomic mass is 9.98. The third-order valence-electron chi connectivity index (χ3n) is 4.78. The van der Waals surface area contributed by atoms with Crippen molar-refractivity contribution in [2.45, 2.75) is 17.8 Å². The molecule has 1 saturated carbocycles. The van der Waals surface area contributed by atoms with Gasteiger partial charge in [-0.3, -0.25) is 0 Å². The molecule has 24 heavy (non-hydrogen) atoms. The number of H-pyrrole nitrogens is 1. The molecule has 5 nitrogen and oxygen atoms in total. The maximum atomic E-state index is 9.87. The predicted octanol–water partition coefficient (Wildman–Crippen LogP) is 3.53. The maximum absolute atomic E-state index is 9.87. The number of nitriles is 1. The third-order valence-corrected chi connectivity index (χ3v) is 4.78. The fourth-order valence-corrected chi connectivity index (χ4v) is 3.43. The van der Waals surface area contributed by atoms with E-state index in [0.29, 0.717) is 17.9 Å². The largest absolute Gasteiger partial charge is 0.493 e. The first-order valence-corrected chi connectivity index (χ1v) is 7.81. The van der Waals surface area contributed by atoms with Crippen molar-refractivity contribution in [2.24, 2.45) is 0 Å². The van der Waals surface area contributed by atoms with E-state index in [1.807, 2.05) is 42.5 Å².